The van der Waals surface area contributed by atoms with Gasteiger partial charge in [-0.15, -0.1) is 0 Å². The molecule has 0 aromatic rings. The number of carbonyl (C=O) groups excluding carboxylic acids is 1. The molecule has 3 N–H and O–H groups in total. The van der Waals surface area contributed by atoms with Crippen LogP contribution in [0.15, 0.2) is 12.2 Å². The Bertz CT molecular complexity index is 927. The molecule has 0 saturated carbocycles. The number of aliphatic hydroxyl groups is 1. The third kappa shape index (κ3) is 41.4. The van der Waals surface area contributed by atoms with E-state index in [4.69, 9.17) is 9.05 Å². The fraction of sp³-hybridized carbons (Fsp3) is 0.936. The minimum Gasteiger partial charge on any atom is -0.387 e. The summed E-state index contributed by atoms with van der Waals surface area (Å²) in [5, 5.41) is 13.6. The predicted molar refractivity (Wildman–Crippen MR) is 240 cm³/mol. The maximum Gasteiger partial charge on any atom is 0.472 e. The first kappa shape index (κ1) is 55.2. The number of carbonyl (C=O) groups is 1. The van der Waals surface area contributed by atoms with Crippen LogP contribution >= 0.6 is 7.82 Å². The van der Waals surface area contributed by atoms with Gasteiger partial charge in [0, 0.05) is 6.42 Å². The molecule has 0 rings (SSSR count). The molecule has 0 aromatic carbocycles. The number of aliphatic hydroxyl groups excluding tert-OH is 1. The molecule has 0 radical (unpaired) electrons. The first-order valence-electron chi connectivity index (χ1n) is 24.1. The second-order valence-corrected chi connectivity index (χ2v) is 19.3. The molecule has 3 atom stereocenters. The zero-order valence-electron chi connectivity index (χ0n) is 37.9. The van der Waals surface area contributed by atoms with Crippen LogP contribution in [0.4, 0.5) is 0 Å². The Morgan fingerprint density at radius 2 is 0.946 bits per heavy atom. The van der Waals surface area contributed by atoms with Gasteiger partial charge in [-0.25, -0.2) is 4.57 Å². The van der Waals surface area contributed by atoms with Crippen LogP contribution in [0, 0.1) is 0 Å². The number of nitrogens with one attached hydrogen (secondary N) is 1. The standard InChI is InChI=1S/C47H95N2O6P/c1-6-8-10-12-13-14-15-16-17-18-19-20-21-22-23-24-25-26-27-28-29-30-31-32-33-34-35-37-39-41-47(51)48-45(46(50)40-38-36-11-9-7-2)44-55-56(52,53)54-43-42-49(3,4)5/h38,40,45-46,50H,6-37,39,41-44H2,1-5H3,(H-,48,51,52,53)/p+1/b40-38+. The van der Waals surface area contributed by atoms with Gasteiger partial charge in [-0.2, -0.15) is 0 Å². The van der Waals surface area contributed by atoms with E-state index in [1.54, 1.807) is 6.08 Å². The van der Waals surface area contributed by atoms with Gasteiger partial charge in [0.05, 0.1) is 39.9 Å². The Balaban J connectivity index is 3.82. The van der Waals surface area contributed by atoms with Gasteiger partial charge < -0.3 is 19.8 Å². The zero-order valence-corrected chi connectivity index (χ0v) is 38.8. The lowest BCUT2D eigenvalue weighted by Crippen LogP contribution is -2.45. The van der Waals surface area contributed by atoms with E-state index in [-0.39, 0.29) is 19.1 Å². The molecule has 0 aromatic heterocycles. The Kier molecular flexibility index (Phi) is 39.1. The number of amides is 1. The monoisotopic (exact) mass is 816 g/mol. The summed E-state index contributed by atoms with van der Waals surface area (Å²) in [6.45, 7) is 4.72. The van der Waals surface area contributed by atoms with Gasteiger partial charge in [0.15, 0.2) is 0 Å². The number of phosphoric ester groups is 1. The molecular formula is C47H96N2O6P+. The highest BCUT2D eigenvalue weighted by atomic mass is 31.2. The number of phosphoric acid groups is 1. The summed E-state index contributed by atoms with van der Waals surface area (Å²) in [6.07, 6.45) is 46.5. The molecule has 0 fully saturated rings. The highest BCUT2D eigenvalue weighted by molar-refractivity contribution is 7.47. The average Bonchev–Trinajstić information content (AvgIpc) is 3.15. The van der Waals surface area contributed by atoms with Gasteiger partial charge in [0.2, 0.25) is 5.91 Å². The van der Waals surface area contributed by atoms with Crippen molar-refractivity contribution in [3.05, 3.63) is 12.2 Å². The Hall–Kier alpha value is -0.760. The van der Waals surface area contributed by atoms with Crippen molar-refractivity contribution in [3.8, 4) is 0 Å². The minimum atomic E-state index is -4.32. The van der Waals surface area contributed by atoms with Crippen LogP contribution in [-0.4, -0.2) is 73.4 Å². The number of quaternary nitrogens is 1. The number of allylic oxidation sites excluding steroid dienone is 1. The van der Waals surface area contributed by atoms with Crippen molar-refractivity contribution in [1.82, 2.24) is 5.32 Å². The highest BCUT2D eigenvalue weighted by Crippen LogP contribution is 2.43. The third-order valence-electron chi connectivity index (χ3n) is 11.0. The zero-order chi connectivity index (χ0) is 41.4. The van der Waals surface area contributed by atoms with Crippen molar-refractivity contribution in [1.29, 1.82) is 0 Å². The molecule has 0 aliphatic heterocycles. The van der Waals surface area contributed by atoms with E-state index in [0.29, 0.717) is 17.4 Å². The molecule has 0 aliphatic carbocycles. The van der Waals surface area contributed by atoms with Gasteiger partial charge in [-0.3, -0.25) is 13.8 Å². The molecule has 9 heteroatoms. The lowest BCUT2D eigenvalue weighted by atomic mass is 10.0. The topological polar surface area (TPSA) is 105 Å². The lowest BCUT2D eigenvalue weighted by molar-refractivity contribution is -0.870. The van der Waals surface area contributed by atoms with Crippen LogP contribution in [0.3, 0.4) is 0 Å². The van der Waals surface area contributed by atoms with E-state index in [1.807, 2.05) is 27.2 Å². The quantitative estimate of drug-likeness (QED) is 0.0245. The molecule has 56 heavy (non-hydrogen) atoms. The van der Waals surface area contributed by atoms with Crippen LogP contribution in [0.5, 0.6) is 0 Å². The number of hydrogen-bond donors (Lipinski definition) is 3. The molecule has 0 heterocycles. The molecule has 0 saturated heterocycles. The molecule has 3 unspecified atom stereocenters. The minimum absolute atomic E-state index is 0.0634. The summed E-state index contributed by atoms with van der Waals surface area (Å²) >= 11 is 0. The van der Waals surface area contributed by atoms with E-state index >= 15 is 0 Å². The highest BCUT2D eigenvalue weighted by Gasteiger charge is 2.27. The third-order valence-corrected chi connectivity index (χ3v) is 12.0. The maximum atomic E-state index is 12.8. The summed E-state index contributed by atoms with van der Waals surface area (Å²) in [5.41, 5.74) is 0. The van der Waals surface area contributed by atoms with Gasteiger partial charge in [-0.1, -0.05) is 219 Å². The van der Waals surface area contributed by atoms with Crippen molar-refractivity contribution in [2.75, 3.05) is 40.9 Å². The van der Waals surface area contributed by atoms with Crippen molar-refractivity contribution in [2.24, 2.45) is 0 Å². The molecule has 0 aliphatic rings. The second-order valence-electron chi connectivity index (χ2n) is 17.8. The number of unbranched alkanes of at least 4 members (excludes halogenated alkanes) is 31. The second kappa shape index (κ2) is 39.7. The summed E-state index contributed by atoms with van der Waals surface area (Å²) in [5.74, 6) is -0.180. The van der Waals surface area contributed by atoms with Crippen molar-refractivity contribution >= 4 is 13.7 Å². The van der Waals surface area contributed by atoms with Gasteiger partial charge in [0.25, 0.3) is 0 Å². The van der Waals surface area contributed by atoms with Crippen molar-refractivity contribution in [2.45, 2.75) is 244 Å². The Morgan fingerprint density at radius 3 is 1.32 bits per heavy atom. The summed E-state index contributed by atoms with van der Waals surface area (Å²) in [4.78, 5) is 22.9. The molecular weight excluding hydrogens is 719 g/mol. The first-order chi connectivity index (χ1) is 27.0. The van der Waals surface area contributed by atoms with Crippen molar-refractivity contribution in [3.63, 3.8) is 0 Å². The van der Waals surface area contributed by atoms with Gasteiger partial charge in [-0.05, 0) is 19.3 Å². The fourth-order valence-corrected chi connectivity index (χ4v) is 7.90. The van der Waals surface area contributed by atoms with Crippen LogP contribution in [0.25, 0.3) is 0 Å². The normalized spacial score (nSPS) is 14.3. The Labute approximate surface area is 348 Å². The SMILES string of the molecule is CCCCC/C=C/C(O)C(COP(=O)(O)OCC[N+](C)(C)C)NC(=O)CCCCCCCCCCCCCCCCCCCCCCCCCCCCCCC. The largest absolute Gasteiger partial charge is 0.472 e. The molecule has 1 amide bonds. The summed E-state index contributed by atoms with van der Waals surface area (Å²) < 4.78 is 23.4. The number of rotatable bonds is 44. The number of likely N-dealkylation sites (N-methyl/N-ethyl adjacent to an activating group) is 1. The van der Waals surface area contributed by atoms with Crippen LogP contribution in [-0.2, 0) is 18.4 Å². The molecule has 0 bridgehead atoms. The lowest BCUT2D eigenvalue weighted by Gasteiger charge is -2.25. The fourth-order valence-electron chi connectivity index (χ4n) is 7.16. The summed E-state index contributed by atoms with van der Waals surface area (Å²) in [7, 11) is 1.58. The average molecular weight is 816 g/mol. The maximum absolute atomic E-state index is 12.8. The number of nitrogens with zero attached hydrogens (tertiary/aromatic N) is 1. The van der Waals surface area contributed by atoms with E-state index in [0.717, 1.165) is 44.9 Å². The molecule has 0 spiro atoms. The van der Waals surface area contributed by atoms with Crippen LogP contribution < -0.4 is 5.32 Å². The number of hydrogen-bond acceptors (Lipinski definition) is 5. The van der Waals surface area contributed by atoms with Crippen LogP contribution in [0.2, 0.25) is 0 Å². The van der Waals surface area contributed by atoms with Gasteiger partial charge >= 0.3 is 7.82 Å². The van der Waals surface area contributed by atoms with E-state index in [9.17, 15) is 19.4 Å². The van der Waals surface area contributed by atoms with E-state index < -0.39 is 20.0 Å². The predicted octanol–water partition coefficient (Wildman–Crippen LogP) is 13.5. The first-order valence-corrected chi connectivity index (χ1v) is 25.6. The van der Waals surface area contributed by atoms with E-state index in [1.165, 1.54) is 167 Å². The van der Waals surface area contributed by atoms with Gasteiger partial charge in [0.1, 0.15) is 13.2 Å². The van der Waals surface area contributed by atoms with E-state index in [2.05, 4.69) is 19.2 Å². The Morgan fingerprint density at radius 1 is 0.589 bits per heavy atom. The molecule has 8 nitrogen and oxygen atoms in total. The summed E-state index contributed by atoms with van der Waals surface area (Å²) in [6, 6.07) is -0.837. The smallest absolute Gasteiger partial charge is 0.387 e. The van der Waals surface area contributed by atoms with Crippen molar-refractivity contribution < 1.29 is 32.9 Å². The van der Waals surface area contributed by atoms with Crippen LogP contribution in [0.1, 0.15) is 232 Å². The molecule has 334 valence electrons.